The minimum absolute atomic E-state index is 0.135. The quantitative estimate of drug-likeness (QED) is 0.607. The Hall–Kier alpha value is -3.36. The minimum atomic E-state index is -4.78. The molecule has 2 aromatic carbocycles. The standard InChI is InChI=1S/C22H20F3N3O4S/c1-13(29)28(14(2)30)17-6-8-18(9-7-17)33-12-21(3,32)20(31)27-16-5-4-15(11-26)19(10-16)22(23,24)25/h4-10,32H,12H2,1-3H3,(H,27,31)/t21-/m1/s1. The van der Waals surface area contributed by atoms with Crippen LogP contribution in [0.15, 0.2) is 47.4 Å². The van der Waals surface area contributed by atoms with Crippen LogP contribution in [-0.4, -0.2) is 34.2 Å². The van der Waals surface area contributed by atoms with E-state index in [-0.39, 0.29) is 11.4 Å². The molecule has 0 fully saturated rings. The number of hydrogen-bond donors (Lipinski definition) is 2. The van der Waals surface area contributed by atoms with E-state index in [1.165, 1.54) is 39.0 Å². The first-order chi connectivity index (χ1) is 15.3. The van der Waals surface area contributed by atoms with Crippen LogP contribution < -0.4 is 10.2 Å². The van der Waals surface area contributed by atoms with Gasteiger partial charge in [0, 0.05) is 30.2 Å². The van der Waals surface area contributed by atoms with Gasteiger partial charge in [-0.2, -0.15) is 18.4 Å². The molecule has 2 rings (SSSR count). The molecule has 1 atom stereocenters. The predicted octanol–water partition coefficient (Wildman–Crippen LogP) is 3.96. The number of imide groups is 1. The Bertz CT molecular complexity index is 1100. The molecule has 2 aromatic rings. The van der Waals surface area contributed by atoms with E-state index in [2.05, 4.69) is 5.32 Å². The summed E-state index contributed by atoms with van der Waals surface area (Å²) in [5.41, 5.74) is -3.57. The van der Waals surface area contributed by atoms with E-state index < -0.39 is 40.6 Å². The maximum absolute atomic E-state index is 13.1. The molecule has 0 unspecified atom stereocenters. The Morgan fingerprint density at radius 2 is 1.67 bits per heavy atom. The van der Waals surface area contributed by atoms with Gasteiger partial charge in [0.2, 0.25) is 11.8 Å². The molecule has 0 saturated carbocycles. The number of anilines is 2. The van der Waals surface area contributed by atoms with Crippen molar-refractivity contribution in [3.63, 3.8) is 0 Å². The summed E-state index contributed by atoms with van der Waals surface area (Å²) in [5.74, 6) is -1.95. The predicted molar refractivity (Wildman–Crippen MR) is 116 cm³/mol. The third kappa shape index (κ3) is 6.57. The molecule has 0 heterocycles. The molecule has 0 spiro atoms. The fourth-order valence-corrected chi connectivity index (χ4v) is 3.69. The van der Waals surface area contributed by atoms with Crippen molar-refractivity contribution in [3.8, 4) is 6.07 Å². The van der Waals surface area contributed by atoms with Crippen LogP contribution in [-0.2, 0) is 20.6 Å². The molecule has 11 heteroatoms. The van der Waals surface area contributed by atoms with Gasteiger partial charge in [-0.05, 0) is 49.4 Å². The van der Waals surface area contributed by atoms with Crippen LogP contribution >= 0.6 is 11.8 Å². The number of hydrogen-bond acceptors (Lipinski definition) is 6. The zero-order chi connectivity index (χ0) is 25.0. The van der Waals surface area contributed by atoms with Crippen LogP contribution in [0.25, 0.3) is 0 Å². The summed E-state index contributed by atoms with van der Waals surface area (Å²) in [6, 6.07) is 10.4. The highest BCUT2D eigenvalue weighted by molar-refractivity contribution is 7.99. The van der Waals surface area contributed by atoms with E-state index in [4.69, 9.17) is 5.26 Å². The lowest BCUT2D eigenvalue weighted by atomic mass is 10.1. The van der Waals surface area contributed by atoms with Crippen molar-refractivity contribution < 1.29 is 32.7 Å². The number of nitriles is 1. The molecule has 0 aromatic heterocycles. The van der Waals surface area contributed by atoms with E-state index in [1.54, 1.807) is 12.1 Å². The maximum Gasteiger partial charge on any atom is 0.417 e. The van der Waals surface area contributed by atoms with Gasteiger partial charge in [0.1, 0.15) is 5.60 Å². The number of carbonyl (C=O) groups excluding carboxylic acids is 3. The number of halogens is 3. The molecule has 0 aliphatic carbocycles. The molecule has 0 radical (unpaired) electrons. The number of benzene rings is 2. The number of thioether (sulfide) groups is 1. The normalized spacial score (nSPS) is 12.9. The Balaban J connectivity index is 2.09. The summed E-state index contributed by atoms with van der Waals surface area (Å²) in [6.45, 7) is 3.72. The fraction of sp³-hybridized carbons (Fsp3) is 0.273. The van der Waals surface area contributed by atoms with Gasteiger partial charge in [0.15, 0.2) is 0 Å². The van der Waals surface area contributed by atoms with E-state index >= 15 is 0 Å². The van der Waals surface area contributed by atoms with Crippen LogP contribution in [0.3, 0.4) is 0 Å². The second-order valence-corrected chi connectivity index (χ2v) is 8.30. The first kappa shape index (κ1) is 25.9. The lowest BCUT2D eigenvalue weighted by Crippen LogP contribution is -2.42. The highest BCUT2D eigenvalue weighted by atomic mass is 32.2. The number of nitrogens with one attached hydrogen (secondary N) is 1. The second-order valence-electron chi connectivity index (χ2n) is 7.25. The largest absolute Gasteiger partial charge is 0.417 e. The number of aliphatic hydroxyl groups is 1. The zero-order valence-corrected chi connectivity index (χ0v) is 18.7. The lowest BCUT2D eigenvalue weighted by molar-refractivity contribution is -0.138. The molecule has 0 bridgehead atoms. The van der Waals surface area contributed by atoms with Gasteiger partial charge >= 0.3 is 6.18 Å². The molecule has 2 N–H and O–H groups in total. The summed E-state index contributed by atoms with van der Waals surface area (Å²) < 4.78 is 39.3. The summed E-state index contributed by atoms with van der Waals surface area (Å²) >= 11 is 1.09. The lowest BCUT2D eigenvalue weighted by Gasteiger charge is -2.22. The van der Waals surface area contributed by atoms with E-state index in [9.17, 15) is 32.7 Å². The molecule has 3 amide bonds. The average molecular weight is 479 g/mol. The molecule has 33 heavy (non-hydrogen) atoms. The van der Waals surface area contributed by atoms with Gasteiger partial charge in [0.05, 0.1) is 22.9 Å². The Morgan fingerprint density at radius 1 is 1.09 bits per heavy atom. The van der Waals surface area contributed by atoms with Crippen molar-refractivity contribution in [2.75, 3.05) is 16.0 Å². The minimum Gasteiger partial charge on any atom is -0.379 e. The zero-order valence-electron chi connectivity index (χ0n) is 17.9. The van der Waals surface area contributed by atoms with Crippen molar-refractivity contribution in [2.24, 2.45) is 0 Å². The Morgan fingerprint density at radius 3 is 2.15 bits per heavy atom. The molecule has 0 aliphatic rings. The first-order valence-electron chi connectivity index (χ1n) is 9.45. The van der Waals surface area contributed by atoms with Crippen LogP contribution in [0.5, 0.6) is 0 Å². The third-order valence-corrected chi connectivity index (χ3v) is 5.75. The van der Waals surface area contributed by atoms with Gasteiger partial charge < -0.3 is 10.4 Å². The summed E-state index contributed by atoms with van der Waals surface area (Å²) in [6.07, 6.45) is -4.78. The number of carbonyl (C=O) groups is 3. The van der Waals surface area contributed by atoms with Crippen LogP contribution in [0.4, 0.5) is 24.5 Å². The first-order valence-corrected chi connectivity index (χ1v) is 10.4. The highest BCUT2D eigenvalue weighted by Gasteiger charge is 2.35. The fourth-order valence-electron chi connectivity index (χ4n) is 2.79. The van der Waals surface area contributed by atoms with Crippen molar-refractivity contribution in [1.82, 2.24) is 0 Å². The van der Waals surface area contributed by atoms with Gasteiger partial charge in [-0.1, -0.05) is 0 Å². The maximum atomic E-state index is 13.1. The monoisotopic (exact) mass is 479 g/mol. The summed E-state index contributed by atoms with van der Waals surface area (Å²) in [4.78, 5) is 37.3. The van der Waals surface area contributed by atoms with Crippen LogP contribution in [0, 0.1) is 11.3 Å². The Kier molecular flexibility index (Phi) is 7.89. The summed E-state index contributed by atoms with van der Waals surface area (Å²) in [5, 5.41) is 21.6. The topological polar surface area (TPSA) is 110 Å². The van der Waals surface area contributed by atoms with Crippen molar-refractivity contribution >= 4 is 40.9 Å². The molecule has 174 valence electrons. The number of nitrogens with zero attached hydrogens (tertiary/aromatic N) is 2. The van der Waals surface area contributed by atoms with Gasteiger partial charge in [-0.3, -0.25) is 19.3 Å². The van der Waals surface area contributed by atoms with Crippen LogP contribution in [0.1, 0.15) is 31.9 Å². The third-order valence-electron chi connectivity index (χ3n) is 4.44. The molecule has 7 nitrogen and oxygen atoms in total. The van der Waals surface area contributed by atoms with Gasteiger partial charge in [0.25, 0.3) is 5.91 Å². The van der Waals surface area contributed by atoms with E-state index in [0.717, 1.165) is 28.8 Å². The van der Waals surface area contributed by atoms with E-state index in [0.29, 0.717) is 16.6 Å². The van der Waals surface area contributed by atoms with Crippen molar-refractivity contribution in [2.45, 2.75) is 37.4 Å². The number of rotatable bonds is 6. The molecular formula is C22H20F3N3O4S. The van der Waals surface area contributed by atoms with Crippen molar-refractivity contribution in [1.29, 1.82) is 5.26 Å². The average Bonchev–Trinajstić information content (AvgIpc) is 2.72. The van der Waals surface area contributed by atoms with Crippen LogP contribution in [0.2, 0.25) is 0 Å². The number of amides is 3. The molecule has 0 aliphatic heterocycles. The second kappa shape index (κ2) is 10.1. The van der Waals surface area contributed by atoms with Gasteiger partial charge in [-0.25, -0.2) is 0 Å². The van der Waals surface area contributed by atoms with E-state index in [1.807, 2.05) is 0 Å². The molecule has 0 saturated heterocycles. The smallest absolute Gasteiger partial charge is 0.379 e. The molecular weight excluding hydrogens is 459 g/mol. The van der Waals surface area contributed by atoms with Gasteiger partial charge in [-0.15, -0.1) is 11.8 Å². The van der Waals surface area contributed by atoms with Crippen molar-refractivity contribution in [3.05, 3.63) is 53.6 Å². The summed E-state index contributed by atoms with van der Waals surface area (Å²) in [7, 11) is 0. The highest BCUT2D eigenvalue weighted by Crippen LogP contribution is 2.34. The number of alkyl halides is 3. The SMILES string of the molecule is CC(=O)N(C(C)=O)c1ccc(SC[C@@](C)(O)C(=O)Nc2ccc(C#N)c(C(F)(F)F)c2)cc1. The Labute approximate surface area is 192 Å².